The molecule has 1 heterocycles. The lowest BCUT2D eigenvalue weighted by atomic mass is 10.1. The van der Waals surface area contributed by atoms with Crippen LogP contribution in [-0.2, 0) is 12.8 Å². The zero-order valence-electron chi connectivity index (χ0n) is 8.29. The second kappa shape index (κ2) is 4.19. The van der Waals surface area contributed by atoms with Crippen LogP contribution in [0.1, 0.15) is 40.9 Å². The van der Waals surface area contributed by atoms with Gasteiger partial charge in [-0.1, -0.05) is 18.0 Å². The Morgan fingerprint density at radius 3 is 2.80 bits per heavy atom. The molecule has 0 aliphatic heterocycles. The number of pyridine rings is 1. The molecule has 0 radical (unpaired) electrons. The van der Waals surface area contributed by atoms with E-state index in [9.17, 15) is 4.79 Å². The molecule has 4 heteroatoms. The Balaban J connectivity index is 2.47. The quantitative estimate of drug-likeness (QED) is 0.591. The van der Waals surface area contributed by atoms with Crippen LogP contribution in [0.15, 0.2) is 6.07 Å². The van der Waals surface area contributed by atoms with Gasteiger partial charge in [0.1, 0.15) is 5.15 Å². The van der Waals surface area contributed by atoms with Crippen molar-refractivity contribution in [3.8, 4) is 0 Å². The van der Waals surface area contributed by atoms with Crippen molar-refractivity contribution in [3.63, 3.8) is 0 Å². The summed E-state index contributed by atoms with van der Waals surface area (Å²) < 4.78 is 0. The van der Waals surface area contributed by atoms with E-state index >= 15 is 0 Å². The van der Waals surface area contributed by atoms with Gasteiger partial charge < -0.3 is 5.11 Å². The second-order valence-corrected chi connectivity index (χ2v) is 4.16. The molecule has 15 heavy (non-hydrogen) atoms. The molecular formula is C11H12ClNO2. The highest BCUT2D eigenvalue weighted by molar-refractivity contribution is 6.32. The van der Waals surface area contributed by atoms with Crippen molar-refractivity contribution in [3.05, 3.63) is 28.0 Å². The van der Waals surface area contributed by atoms with Gasteiger partial charge in [0.05, 0.1) is 5.56 Å². The summed E-state index contributed by atoms with van der Waals surface area (Å²) in [5.74, 6) is -1.00. The van der Waals surface area contributed by atoms with E-state index in [4.69, 9.17) is 16.7 Å². The van der Waals surface area contributed by atoms with Crippen molar-refractivity contribution >= 4 is 17.6 Å². The molecule has 1 aliphatic carbocycles. The van der Waals surface area contributed by atoms with E-state index < -0.39 is 5.97 Å². The van der Waals surface area contributed by atoms with Crippen LogP contribution < -0.4 is 0 Å². The van der Waals surface area contributed by atoms with Gasteiger partial charge in [0.25, 0.3) is 0 Å². The summed E-state index contributed by atoms with van der Waals surface area (Å²) in [6.45, 7) is 0. The number of aromatic carboxylic acids is 1. The minimum atomic E-state index is -1.00. The minimum absolute atomic E-state index is 0.114. The third-order valence-corrected chi connectivity index (χ3v) is 3.02. The highest BCUT2D eigenvalue weighted by Crippen LogP contribution is 2.24. The number of halogens is 1. The number of hydrogen-bond donors (Lipinski definition) is 1. The highest BCUT2D eigenvalue weighted by Gasteiger charge is 2.16. The lowest BCUT2D eigenvalue weighted by molar-refractivity contribution is 0.0696. The third-order valence-electron chi connectivity index (χ3n) is 2.73. The first-order chi connectivity index (χ1) is 7.18. The number of rotatable bonds is 1. The van der Waals surface area contributed by atoms with Gasteiger partial charge in [0, 0.05) is 5.69 Å². The van der Waals surface area contributed by atoms with E-state index in [1.807, 2.05) is 0 Å². The summed E-state index contributed by atoms with van der Waals surface area (Å²) in [7, 11) is 0. The number of fused-ring (bicyclic) bond motifs is 1. The molecule has 80 valence electrons. The first kappa shape index (κ1) is 10.4. The van der Waals surface area contributed by atoms with Crippen molar-refractivity contribution in [1.82, 2.24) is 4.98 Å². The van der Waals surface area contributed by atoms with Crippen LogP contribution in [0.4, 0.5) is 0 Å². The molecule has 0 unspecified atom stereocenters. The van der Waals surface area contributed by atoms with Crippen LogP contribution in [0.2, 0.25) is 5.15 Å². The molecule has 3 nitrogen and oxygen atoms in total. The van der Waals surface area contributed by atoms with E-state index in [1.165, 1.54) is 6.42 Å². The van der Waals surface area contributed by atoms with E-state index in [0.717, 1.165) is 36.9 Å². The van der Waals surface area contributed by atoms with E-state index in [1.54, 1.807) is 6.07 Å². The number of hydrogen-bond acceptors (Lipinski definition) is 2. The predicted molar refractivity (Wildman–Crippen MR) is 57.5 cm³/mol. The van der Waals surface area contributed by atoms with Crippen LogP contribution in [0.3, 0.4) is 0 Å². The molecule has 0 saturated heterocycles. The van der Waals surface area contributed by atoms with Gasteiger partial charge in [-0.2, -0.15) is 0 Å². The number of aromatic nitrogens is 1. The molecule has 2 rings (SSSR count). The molecule has 1 aromatic rings. The smallest absolute Gasteiger partial charge is 0.338 e. The first-order valence-electron chi connectivity index (χ1n) is 5.10. The fourth-order valence-corrected chi connectivity index (χ4v) is 2.17. The maximum atomic E-state index is 10.9. The number of aryl methyl sites for hydroxylation is 2. The summed E-state index contributed by atoms with van der Waals surface area (Å²) in [5.41, 5.74) is 2.15. The fourth-order valence-electron chi connectivity index (χ4n) is 1.94. The average molecular weight is 226 g/mol. The molecule has 0 spiro atoms. The Morgan fingerprint density at radius 2 is 2.07 bits per heavy atom. The van der Waals surface area contributed by atoms with Crippen molar-refractivity contribution in [2.24, 2.45) is 0 Å². The maximum absolute atomic E-state index is 10.9. The molecule has 0 saturated carbocycles. The Kier molecular flexibility index (Phi) is 2.91. The number of nitrogens with zero attached hydrogens (tertiary/aromatic N) is 1. The Labute approximate surface area is 93.1 Å². The normalized spacial score (nSPS) is 15.5. The molecule has 0 atom stereocenters. The molecule has 1 aliphatic rings. The Morgan fingerprint density at radius 1 is 1.33 bits per heavy atom. The average Bonchev–Trinajstić information content (AvgIpc) is 2.40. The van der Waals surface area contributed by atoms with Crippen molar-refractivity contribution < 1.29 is 9.90 Å². The van der Waals surface area contributed by atoms with Gasteiger partial charge in [-0.25, -0.2) is 9.78 Å². The fraction of sp³-hybridized carbons (Fsp3) is 0.455. The Hall–Kier alpha value is -1.09. The summed E-state index contributed by atoms with van der Waals surface area (Å²) in [6, 6.07) is 1.68. The minimum Gasteiger partial charge on any atom is -0.478 e. The van der Waals surface area contributed by atoms with Gasteiger partial charge in [-0.3, -0.25) is 0 Å². The van der Waals surface area contributed by atoms with Gasteiger partial charge in [0.2, 0.25) is 0 Å². The molecule has 0 fully saturated rings. The SMILES string of the molecule is O=C(O)c1cc2c(nc1Cl)CCCCC2. The van der Waals surface area contributed by atoms with E-state index in [-0.39, 0.29) is 10.7 Å². The molecule has 0 amide bonds. The molecular weight excluding hydrogens is 214 g/mol. The highest BCUT2D eigenvalue weighted by atomic mass is 35.5. The lowest BCUT2D eigenvalue weighted by Crippen LogP contribution is -2.04. The van der Waals surface area contributed by atoms with Gasteiger partial charge in [-0.15, -0.1) is 0 Å². The van der Waals surface area contributed by atoms with E-state index in [2.05, 4.69) is 4.98 Å². The monoisotopic (exact) mass is 225 g/mol. The van der Waals surface area contributed by atoms with Crippen molar-refractivity contribution in [2.75, 3.05) is 0 Å². The van der Waals surface area contributed by atoms with Crippen molar-refractivity contribution in [2.45, 2.75) is 32.1 Å². The van der Waals surface area contributed by atoms with Crippen LogP contribution >= 0.6 is 11.6 Å². The largest absolute Gasteiger partial charge is 0.478 e. The van der Waals surface area contributed by atoms with Crippen LogP contribution in [0.25, 0.3) is 0 Å². The third kappa shape index (κ3) is 2.12. The molecule has 1 N–H and O–H groups in total. The predicted octanol–water partition coefficient (Wildman–Crippen LogP) is 2.70. The van der Waals surface area contributed by atoms with Gasteiger partial charge in [-0.05, 0) is 37.3 Å². The van der Waals surface area contributed by atoms with Gasteiger partial charge in [0.15, 0.2) is 0 Å². The zero-order valence-corrected chi connectivity index (χ0v) is 9.05. The standard InChI is InChI=1S/C11H12ClNO2/c12-10-8(11(14)15)6-7-4-2-1-3-5-9(7)13-10/h6H,1-5H2,(H,14,15). The summed E-state index contributed by atoms with van der Waals surface area (Å²) in [4.78, 5) is 15.0. The molecule has 1 aromatic heterocycles. The zero-order chi connectivity index (χ0) is 10.8. The lowest BCUT2D eigenvalue weighted by Gasteiger charge is -2.07. The summed E-state index contributed by atoms with van der Waals surface area (Å²) in [5, 5.41) is 9.03. The molecule has 0 aromatic carbocycles. The molecule has 0 bridgehead atoms. The number of carboxylic acid groups (broad SMARTS) is 1. The van der Waals surface area contributed by atoms with Crippen molar-refractivity contribution in [1.29, 1.82) is 0 Å². The summed E-state index contributed by atoms with van der Waals surface area (Å²) in [6.07, 6.45) is 5.23. The van der Waals surface area contributed by atoms with Crippen LogP contribution in [-0.4, -0.2) is 16.1 Å². The number of carboxylic acids is 1. The summed E-state index contributed by atoms with van der Waals surface area (Å²) >= 11 is 5.82. The van der Waals surface area contributed by atoms with Crippen LogP contribution in [0.5, 0.6) is 0 Å². The Bertz CT molecular complexity index is 404. The number of carbonyl (C=O) groups is 1. The topological polar surface area (TPSA) is 50.2 Å². The van der Waals surface area contributed by atoms with Crippen LogP contribution in [0, 0.1) is 0 Å². The van der Waals surface area contributed by atoms with E-state index in [0.29, 0.717) is 0 Å². The maximum Gasteiger partial charge on any atom is 0.338 e. The first-order valence-corrected chi connectivity index (χ1v) is 5.48. The van der Waals surface area contributed by atoms with Gasteiger partial charge >= 0.3 is 5.97 Å². The second-order valence-electron chi connectivity index (χ2n) is 3.80.